The summed E-state index contributed by atoms with van der Waals surface area (Å²) in [4.78, 5) is 13.6. The van der Waals surface area contributed by atoms with Crippen LogP contribution in [0, 0.1) is 0 Å². The van der Waals surface area contributed by atoms with Crippen molar-refractivity contribution < 1.29 is 9.90 Å². The van der Waals surface area contributed by atoms with Crippen LogP contribution in [0.5, 0.6) is 0 Å². The van der Waals surface area contributed by atoms with Crippen LogP contribution in [-0.2, 0) is 4.79 Å². The number of nitrogens with zero attached hydrogens (tertiary/aromatic N) is 1. The standard InChI is InChI=1S/C11H19NO2S/c1-11(10(13)14)5-3-6-12(11)9-4-2-7-15-8-9/h9H,2-8H2,1H3,(H,13,14). The van der Waals surface area contributed by atoms with Gasteiger partial charge < -0.3 is 5.11 Å². The molecule has 0 aliphatic carbocycles. The summed E-state index contributed by atoms with van der Waals surface area (Å²) in [6, 6.07) is 0.493. The first-order valence-corrected chi connectivity index (χ1v) is 6.88. The van der Waals surface area contributed by atoms with Crippen LogP contribution in [0.2, 0.25) is 0 Å². The first kappa shape index (κ1) is 11.3. The van der Waals surface area contributed by atoms with Crippen molar-refractivity contribution in [1.82, 2.24) is 4.90 Å². The van der Waals surface area contributed by atoms with Gasteiger partial charge >= 0.3 is 5.97 Å². The molecular weight excluding hydrogens is 210 g/mol. The van der Waals surface area contributed by atoms with Gasteiger partial charge in [-0.15, -0.1) is 0 Å². The normalized spacial score (nSPS) is 38.1. The number of hydrogen-bond acceptors (Lipinski definition) is 3. The van der Waals surface area contributed by atoms with Crippen LogP contribution in [0.3, 0.4) is 0 Å². The number of carboxylic acid groups (broad SMARTS) is 1. The fourth-order valence-electron chi connectivity index (χ4n) is 2.77. The molecule has 3 nitrogen and oxygen atoms in total. The summed E-state index contributed by atoms with van der Waals surface area (Å²) in [5.41, 5.74) is -0.595. The van der Waals surface area contributed by atoms with Crippen LogP contribution in [0.4, 0.5) is 0 Å². The molecule has 0 radical (unpaired) electrons. The molecule has 2 unspecified atom stereocenters. The second kappa shape index (κ2) is 4.34. The van der Waals surface area contributed by atoms with E-state index in [4.69, 9.17) is 0 Å². The monoisotopic (exact) mass is 229 g/mol. The minimum Gasteiger partial charge on any atom is -0.480 e. The molecule has 0 aromatic rings. The molecule has 2 saturated heterocycles. The molecule has 0 saturated carbocycles. The third-order valence-corrected chi connectivity index (χ3v) is 4.93. The topological polar surface area (TPSA) is 40.5 Å². The van der Waals surface area contributed by atoms with E-state index in [0.29, 0.717) is 6.04 Å². The van der Waals surface area contributed by atoms with E-state index in [9.17, 15) is 9.90 Å². The zero-order chi connectivity index (χ0) is 10.9. The summed E-state index contributed by atoms with van der Waals surface area (Å²) < 4.78 is 0. The van der Waals surface area contributed by atoms with Gasteiger partial charge in [-0.2, -0.15) is 11.8 Å². The van der Waals surface area contributed by atoms with E-state index in [1.807, 2.05) is 18.7 Å². The second-order valence-electron chi connectivity index (χ2n) is 4.75. The fraction of sp³-hybridized carbons (Fsp3) is 0.909. The molecule has 1 N–H and O–H groups in total. The number of rotatable bonds is 2. The summed E-state index contributed by atoms with van der Waals surface area (Å²) in [6.45, 7) is 2.86. The molecule has 15 heavy (non-hydrogen) atoms. The van der Waals surface area contributed by atoms with Gasteiger partial charge in [0, 0.05) is 11.8 Å². The minimum absolute atomic E-state index is 0.493. The van der Waals surface area contributed by atoms with E-state index in [1.54, 1.807) is 0 Å². The highest BCUT2D eigenvalue weighted by atomic mass is 32.2. The van der Waals surface area contributed by atoms with Gasteiger partial charge in [-0.25, -0.2) is 0 Å². The second-order valence-corrected chi connectivity index (χ2v) is 5.90. The molecule has 2 rings (SSSR count). The molecule has 2 aliphatic rings. The molecule has 0 spiro atoms. The van der Waals surface area contributed by atoms with E-state index >= 15 is 0 Å². The van der Waals surface area contributed by atoms with E-state index < -0.39 is 11.5 Å². The average Bonchev–Trinajstić information content (AvgIpc) is 2.63. The zero-order valence-corrected chi connectivity index (χ0v) is 10.1. The van der Waals surface area contributed by atoms with Crippen molar-refractivity contribution in [3.8, 4) is 0 Å². The number of aliphatic carboxylic acids is 1. The molecule has 0 aromatic carbocycles. The lowest BCUT2D eigenvalue weighted by atomic mass is 9.97. The Kier molecular flexibility index (Phi) is 3.26. The largest absolute Gasteiger partial charge is 0.480 e. The number of hydrogen-bond donors (Lipinski definition) is 1. The van der Waals surface area contributed by atoms with E-state index in [2.05, 4.69) is 4.90 Å². The lowest BCUT2D eigenvalue weighted by molar-refractivity contribution is -0.149. The number of likely N-dealkylation sites (tertiary alicyclic amines) is 1. The Hall–Kier alpha value is -0.220. The summed E-state index contributed by atoms with van der Waals surface area (Å²) in [7, 11) is 0. The first-order chi connectivity index (χ1) is 7.14. The zero-order valence-electron chi connectivity index (χ0n) is 9.24. The van der Waals surface area contributed by atoms with Crippen molar-refractivity contribution in [2.45, 2.75) is 44.2 Å². The van der Waals surface area contributed by atoms with Crippen molar-refractivity contribution in [1.29, 1.82) is 0 Å². The SMILES string of the molecule is CC1(C(=O)O)CCCN1C1CCCSC1. The molecular formula is C11H19NO2S. The van der Waals surface area contributed by atoms with Crippen LogP contribution in [0.15, 0.2) is 0 Å². The number of thioether (sulfide) groups is 1. The van der Waals surface area contributed by atoms with Crippen LogP contribution < -0.4 is 0 Å². The Morgan fingerprint density at radius 2 is 2.33 bits per heavy atom. The van der Waals surface area contributed by atoms with Crippen LogP contribution in [0.1, 0.15) is 32.6 Å². The van der Waals surface area contributed by atoms with E-state index in [0.717, 1.165) is 25.1 Å². The molecule has 4 heteroatoms. The van der Waals surface area contributed by atoms with E-state index in [1.165, 1.54) is 18.6 Å². The highest BCUT2D eigenvalue weighted by Gasteiger charge is 2.46. The van der Waals surface area contributed by atoms with Crippen molar-refractivity contribution in [2.75, 3.05) is 18.1 Å². The predicted octanol–water partition coefficient (Wildman–Crippen LogP) is 1.82. The maximum absolute atomic E-state index is 11.3. The Labute approximate surface area is 95.2 Å². The Morgan fingerprint density at radius 3 is 2.93 bits per heavy atom. The quantitative estimate of drug-likeness (QED) is 0.784. The molecule has 0 bridgehead atoms. The summed E-state index contributed by atoms with van der Waals surface area (Å²) >= 11 is 1.97. The third kappa shape index (κ3) is 2.02. The molecule has 0 amide bonds. The highest BCUT2D eigenvalue weighted by Crippen LogP contribution is 2.35. The molecule has 0 aromatic heterocycles. The van der Waals surface area contributed by atoms with Crippen LogP contribution in [-0.4, -0.2) is 45.6 Å². The maximum atomic E-state index is 11.3. The fourth-order valence-corrected chi connectivity index (χ4v) is 3.92. The van der Waals surface area contributed by atoms with Gasteiger partial charge in [0.1, 0.15) is 5.54 Å². The number of carbonyl (C=O) groups is 1. The summed E-state index contributed by atoms with van der Waals surface area (Å²) in [6.07, 6.45) is 4.25. The van der Waals surface area contributed by atoms with Crippen molar-refractivity contribution in [2.24, 2.45) is 0 Å². The Bertz CT molecular complexity index is 253. The summed E-state index contributed by atoms with van der Waals surface area (Å²) in [5.74, 6) is 1.72. The van der Waals surface area contributed by atoms with Crippen molar-refractivity contribution in [3.05, 3.63) is 0 Å². The van der Waals surface area contributed by atoms with Gasteiger partial charge in [-0.1, -0.05) is 0 Å². The smallest absolute Gasteiger partial charge is 0.323 e. The maximum Gasteiger partial charge on any atom is 0.323 e. The van der Waals surface area contributed by atoms with Crippen molar-refractivity contribution >= 4 is 17.7 Å². The van der Waals surface area contributed by atoms with Gasteiger partial charge in [-0.3, -0.25) is 9.69 Å². The van der Waals surface area contributed by atoms with Crippen molar-refractivity contribution in [3.63, 3.8) is 0 Å². The predicted molar refractivity (Wildman–Crippen MR) is 62.3 cm³/mol. The third-order valence-electron chi connectivity index (χ3n) is 3.73. The van der Waals surface area contributed by atoms with Crippen LogP contribution >= 0.6 is 11.8 Å². The highest BCUT2D eigenvalue weighted by molar-refractivity contribution is 7.99. The first-order valence-electron chi connectivity index (χ1n) is 5.72. The van der Waals surface area contributed by atoms with E-state index in [-0.39, 0.29) is 0 Å². The van der Waals surface area contributed by atoms with Gasteiger partial charge in [0.15, 0.2) is 0 Å². The van der Waals surface area contributed by atoms with Crippen LogP contribution in [0.25, 0.3) is 0 Å². The van der Waals surface area contributed by atoms with Gasteiger partial charge in [0.2, 0.25) is 0 Å². The molecule has 2 heterocycles. The molecule has 2 fully saturated rings. The lowest BCUT2D eigenvalue weighted by Crippen LogP contribution is -2.53. The average molecular weight is 229 g/mol. The Balaban J connectivity index is 2.09. The summed E-state index contributed by atoms with van der Waals surface area (Å²) in [5, 5.41) is 9.33. The molecule has 2 atom stereocenters. The van der Waals surface area contributed by atoms with Gasteiger partial charge in [0.25, 0.3) is 0 Å². The lowest BCUT2D eigenvalue weighted by Gasteiger charge is -2.39. The number of carboxylic acids is 1. The Morgan fingerprint density at radius 1 is 1.53 bits per heavy atom. The van der Waals surface area contributed by atoms with Gasteiger partial charge in [-0.05, 0) is 44.9 Å². The molecule has 2 aliphatic heterocycles. The minimum atomic E-state index is -0.643. The molecule has 86 valence electrons. The van der Waals surface area contributed by atoms with Gasteiger partial charge in [0.05, 0.1) is 0 Å².